The van der Waals surface area contributed by atoms with Crippen LogP contribution in [0.4, 0.5) is 10.1 Å². The van der Waals surface area contributed by atoms with Crippen LogP contribution in [0.5, 0.6) is 0 Å². The Hall–Kier alpha value is -1.67. The van der Waals surface area contributed by atoms with Crippen molar-refractivity contribution in [1.82, 2.24) is 0 Å². The van der Waals surface area contributed by atoms with Crippen LogP contribution in [-0.2, 0) is 6.42 Å². The molecule has 0 aliphatic heterocycles. The highest BCUT2D eigenvalue weighted by Gasteiger charge is 2.03. The summed E-state index contributed by atoms with van der Waals surface area (Å²) >= 11 is 4.63. The van der Waals surface area contributed by atoms with Crippen LogP contribution in [0.25, 0.3) is 0 Å². The lowest BCUT2D eigenvalue weighted by Crippen LogP contribution is -2.19. The average molecular weight is 209 g/mol. The summed E-state index contributed by atoms with van der Waals surface area (Å²) in [5.41, 5.74) is 6.16. The molecular formula is C9H8FN3S. The summed E-state index contributed by atoms with van der Waals surface area (Å²) < 4.78 is 13.1. The standard InChI is InChI=1S/C9H8FN3S/c10-8-2-1-7(13-9(12)14)5-6(8)3-4-11/h1-2,5H,3H2,(H3,12,13,14). The van der Waals surface area contributed by atoms with Crippen molar-refractivity contribution in [2.24, 2.45) is 5.73 Å². The van der Waals surface area contributed by atoms with Crippen LogP contribution in [0.1, 0.15) is 5.56 Å². The SMILES string of the molecule is N#CCc1cc(NC(N)=S)ccc1F. The van der Waals surface area contributed by atoms with E-state index in [9.17, 15) is 4.39 Å². The van der Waals surface area contributed by atoms with E-state index in [4.69, 9.17) is 11.0 Å². The number of halogens is 1. The van der Waals surface area contributed by atoms with Crippen molar-refractivity contribution in [2.45, 2.75) is 6.42 Å². The van der Waals surface area contributed by atoms with Gasteiger partial charge in [-0.3, -0.25) is 0 Å². The van der Waals surface area contributed by atoms with Crippen LogP contribution in [0.3, 0.4) is 0 Å². The maximum Gasteiger partial charge on any atom is 0.168 e. The molecule has 0 spiro atoms. The van der Waals surface area contributed by atoms with E-state index >= 15 is 0 Å². The molecule has 1 aromatic rings. The van der Waals surface area contributed by atoms with Crippen molar-refractivity contribution in [2.75, 3.05) is 5.32 Å². The zero-order valence-corrected chi connectivity index (χ0v) is 8.07. The minimum absolute atomic E-state index is 0.0265. The Bertz CT molecular complexity index is 398. The highest BCUT2D eigenvalue weighted by Crippen LogP contribution is 2.14. The van der Waals surface area contributed by atoms with E-state index in [0.29, 0.717) is 11.3 Å². The van der Waals surface area contributed by atoms with Crippen molar-refractivity contribution in [1.29, 1.82) is 5.26 Å². The maximum absolute atomic E-state index is 13.1. The van der Waals surface area contributed by atoms with Gasteiger partial charge < -0.3 is 11.1 Å². The number of rotatable bonds is 2. The topological polar surface area (TPSA) is 61.8 Å². The van der Waals surface area contributed by atoms with Gasteiger partial charge in [-0.15, -0.1) is 0 Å². The molecule has 0 amide bonds. The molecule has 1 rings (SSSR count). The molecule has 0 saturated heterocycles. The van der Waals surface area contributed by atoms with Gasteiger partial charge in [-0.05, 0) is 30.4 Å². The normalized spacial score (nSPS) is 9.14. The molecule has 0 aromatic heterocycles. The van der Waals surface area contributed by atoms with Crippen LogP contribution in [-0.4, -0.2) is 5.11 Å². The smallest absolute Gasteiger partial charge is 0.168 e. The first-order chi connectivity index (χ1) is 6.63. The number of nitriles is 1. The van der Waals surface area contributed by atoms with Crippen molar-refractivity contribution >= 4 is 23.0 Å². The van der Waals surface area contributed by atoms with Gasteiger partial charge >= 0.3 is 0 Å². The molecule has 5 heteroatoms. The molecule has 0 atom stereocenters. The van der Waals surface area contributed by atoms with Gasteiger partial charge in [0.25, 0.3) is 0 Å². The summed E-state index contributed by atoms with van der Waals surface area (Å²) in [6.45, 7) is 0. The minimum atomic E-state index is -0.403. The van der Waals surface area contributed by atoms with Crippen molar-refractivity contribution < 1.29 is 4.39 Å². The fourth-order valence-corrected chi connectivity index (χ4v) is 1.13. The number of thiocarbonyl (C=S) groups is 1. The number of hydrogen-bond acceptors (Lipinski definition) is 2. The number of nitrogens with one attached hydrogen (secondary N) is 1. The molecule has 3 nitrogen and oxygen atoms in total. The Morgan fingerprint density at radius 2 is 2.36 bits per heavy atom. The molecule has 0 saturated carbocycles. The van der Waals surface area contributed by atoms with Gasteiger partial charge in [0.05, 0.1) is 12.5 Å². The lowest BCUT2D eigenvalue weighted by Gasteiger charge is -2.05. The number of anilines is 1. The van der Waals surface area contributed by atoms with Gasteiger partial charge in [-0.2, -0.15) is 5.26 Å². The van der Waals surface area contributed by atoms with E-state index in [1.54, 1.807) is 0 Å². The Kier molecular flexibility index (Phi) is 3.37. The minimum Gasteiger partial charge on any atom is -0.376 e. The predicted octanol–water partition coefficient (Wildman–Crippen LogP) is 1.55. The number of nitrogens with two attached hydrogens (primary N) is 1. The lowest BCUT2D eigenvalue weighted by molar-refractivity contribution is 0.615. The van der Waals surface area contributed by atoms with Crippen LogP contribution in [0.15, 0.2) is 18.2 Å². The number of nitrogens with zero attached hydrogens (tertiary/aromatic N) is 1. The first-order valence-electron chi connectivity index (χ1n) is 3.85. The second-order valence-corrected chi connectivity index (χ2v) is 3.07. The molecule has 0 radical (unpaired) electrons. The van der Waals surface area contributed by atoms with E-state index in [1.165, 1.54) is 18.2 Å². The Labute approximate surface area is 86.3 Å². The van der Waals surface area contributed by atoms with E-state index in [0.717, 1.165) is 0 Å². The second kappa shape index (κ2) is 4.53. The summed E-state index contributed by atoms with van der Waals surface area (Å²) in [5, 5.41) is 11.2. The third-order valence-corrected chi connectivity index (χ3v) is 1.68. The first kappa shape index (κ1) is 10.4. The first-order valence-corrected chi connectivity index (χ1v) is 4.26. The highest BCUT2D eigenvalue weighted by molar-refractivity contribution is 7.80. The summed E-state index contributed by atoms with van der Waals surface area (Å²) in [6, 6.07) is 6.17. The van der Waals surface area contributed by atoms with Crippen LogP contribution in [0, 0.1) is 17.1 Å². The summed E-state index contributed by atoms with van der Waals surface area (Å²) in [4.78, 5) is 0. The summed E-state index contributed by atoms with van der Waals surface area (Å²) in [7, 11) is 0. The second-order valence-electron chi connectivity index (χ2n) is 2.63. The Morgan fingerprint density at radius 3 is 2.93 bits per heavy atom. The molecule has 0 aliphatic carbocycles. The molecule has 0 heterocycles. The van der Waals surface area contributed by atoms with E-state index in [2.05, 4.69) is 17.5 Å². The van der Waals surface area contributed by atoms with Crippen LogP contribution >= 0.6 is 12.2 Å². The van der Waals surface area contributed by atoms with Crippen molar-refractivity contribution in [3.8, 4) is 6.07 Å². The fourth-order valence-electron chi connectivity index (χ4n) is 1.02. The zero-order valence-electron chi connectivity index (χ0n) is 7.25. The summed E-state index contributed by atoms with van der Waals surface area (Å²) in [6.07, 6.45) is 0.0265. The quantitative estimate of drug-likeness (QED) is 0.725. The van der Waals surface area contributed by atoms with Gasteiger partial charge in [0.1, 0.15) is 5.82 Å². The molecular weight excluding hydrogens is 201 g/mol. The lowest BCUT2D eigenvalue weighted by atomic mass is 10.1. The number of hydrogen-bond donors (Lipinski definition) is 2. The molecule has 0 bridgehead atoms. The molecule has 0 aliphatic rings. The van der Waals surface area contributed by atoms with Gasteiger partial charge in [0.15, 0.2) is 5.11 Å². The Morgan fingerprint density at radius 1 is 1.64 bits per heavy atom. The Balaban J connectivity index is 2.95. The third-order valence-electron chi connectivity index (χ3n) is 1.58. The van der Waals surface area contributed by atoms with E-state index in [1.807, 2.05) is 6.07 Å². The number of benzene rings is 1. The monoisotopic (exact) mass is 209 g/mol. The van der Waals surface area contributed by atoms with Gasteiger partial charge in [0.2, 0.25) is 0 Å². The molecule has 0 fully saturated rings. The molecule has 3 N–H and O–H groups in total. The van der Waals surface area contributed by atoms with E-state index in [-0.39, 0.29) is 11.5 Å². The maximum atomic E-state index is 13.1. The largest absolute Gasteiger partial charge is 0.376 e. The predicted molar refractivity (Wildman–Crippen MR) is 56.1 cm³/mol. The molecule has 1 aromatic carbocycles. The van der Waals surface area contributed by atoms with Gasteiger partial charge in [0, 0.05) is 11.3 Å². The zero-order chi connectivity index (χ0) is 10.6. The van der Waals surface area contributed by atoms with Gasteiger partial charge in [-0.1, -0.05) is 0 Å². The summed E-state index contributed by atoms with van der Waals surface area (Å²) in [5.74, 6) is -0.403. The van der Waals surface area contributed by atoms with Gasteiger partial charge in [-0.25, -0.2) is 4.39 Å². The van der Waals surface area contributed by atoms with E-state index < -0.39 is 5.82 Å². The van der Waals surface area contributed by atoms with Crippen LogP contribution < -0.4 is 11.1 Å². The molecule has 0 unspecified atom stereocenters. The average Bonchev–Trinajstić information content (AvgIpc) is 2.10. The molecule has 72 valence electrons. The molecule has 14 heavy (non-hydrogen) atoms. The third kappa shape index (κ3) is 2.68. The van der Waals surface area contributed by atoms with Crippen molar-refractivity contribution in [3.63, 3.8) is 0 Å². The van der Waals surface area contributed by atoms with Crippen molar-refractivity contribution in [3.05, 3.63) is 29.6 Å². The highest BCUT2D eigenvalue weighted by atomic mass is 32.1. The van der Waals surface area contributed by atoms with Crippen LogP contribution in [0.2, 0.25) is 0 Å². The fraction of sp³-hybridized carbons (Fsp3) is 0.111.